The number of nitrogens with one attached hydrogen (secondary N) is 1. The van der Waals surface area contributed by atoms with Crippen molar-refractivity contribution in [2.45, 2.75) is 31.8 Å². The molecule has 0 aliphatic carbocycles. The lowest BCUT2D eigenvalue weighted by Crippen LogP contribution is -2.43. The van der Waals surface area contributed by atoms with Crippen LogP contribution in [0.1, 0.15) is 31.6 Å². The van der Waals surface area contributed by atoms with Gasteiger partial charge in [0.25, 0.3) is 0 Å². The lowest BCUT2D eigenvalue weighted by Gasteiger charge is -2.32. The molecule has 1 atom stereocenters. The summed E-state index contributed by atoms with van der Waals surface area (Å²) < 4.78 is 1.96. The Labute approximate surface area is 109 Å². The summed E-state index contributed by atoms with van der Waals surface area (Å²) >= 11 is 0. The second-order valence-electron chi connectivity index (χ2n) is 4.94. The first-order chi connectivity index (χ1) is 8.70. The van der Waals surface area contributed by atoms with Crippen molar-refractivity contribution in [1.29, 1.82) is 0 Å². The van der Waals surface area contributed by atoms with Crippen LogP contribution >= 0.6 is 0 Å². The highest BCUT2D eigenvalue weighted by Crippen LogP contribution is 2.15. The maximum atomic E-state index is 5.33. The number of likely N-dealkylation sites (tertiary alicyclic amines) is 1. The Bertz CT molecular complexity index is 411. The standard InChI is InChI=1S/C13H21N5/c1-4-7-18-8-5-12(6-9-18)15-11(2)13-16-14-10-17(13)3/h1,10-12,15H,5-9H2,2-3H3. The maximum Gasteiger partial charge on any atom is 0.149 e. The molecule has 0 radical (unpaired) electrons. The SMILES string of the molecule is C#CCN1CCC(NC(C)c2nncn2C)CC1. The van der Waals surface area contributed by atoms with E-state index in [1.807, 2.05) is 11.6 Å². The summed E-state index contributed by atoms with van der Waals surface area (Å²) in [4.78, 5) is 2.32. The zero-order valence-electron chi connectivity index (χ0n) is 11.1. The Hall–Kier alpha value is -1.38. The molecule has 5 heteroatoms. The molecule has 1 aromatic rings. The van der Waals surface area contributed by atoms with Crippen molar-refractivity contribution >= 4 is 0 Å². The predicted molar refractivity (Wildman–Crippen MR) is 70.8 cm³/mol. The van der Waals surface area contributed by atoms with Crippen LogP contribution in [0.25, 0.3) is 0 Å². The van der Waals surface area contributed by atoms with Crippen LogP contribution < -0.4 is 5.32 Å². The third-order valence-corrected chi connectivity index (χ3v) is 3.52. The van der Waals surface area contributed by atoms with E-state index in [9.17, 15) is 0 Å². The maximum absolute atomic E-state index is 5.33. The van der Waals surface area contributed by atoms with Gasteiger partial charge in [-0.25, -0.2) is 0 Å². The Kier molecular flexibility index (Phi) is 4.34. The normalized spacial score (nSPS) is 19.6. The van der Waals surface area contributed by atoms with Crippen molar-refractivity contribution < 1.29 is 0 Å². The van der Waals surface area contributed by atoms with E-state index < -0.39 is 0 Å². The summed E-state index contributed by atoms with van der Waals surface area (Å²) in [6.07, 6.45) is 9.35. The Balaban J connectivity index is 1.82. The van der Waals surface area contributed by atoms with E-state index in [0.29, 0.717) is 6.04 Å². The minimum Gasteiger partial charge on any atom is -0.319 e. The quantitative estimate of drug-likeness (QED) is 0.790. The second-order valence-corrected chi connectivity index (χ2v) is 4.94. The van der Waals surface area contributed by atoms with E-state index in [1.165, 1.54) is 0 Å². The first-order valence-electron chi connectivity index (χ1n) is 6.46. The fourth-order valence-corrected chi connectivity index (χ4v) is 2.50. The van der Waals surface area contributed by atoms with Gasteiger partial charge < -0.3 is 9.88 Å². The highest BCUT2D eigenvalue weighted by molar-refractivity contribution is 4.95. The zero-order chi connectivity index (χ0) is 13.0. The molecule has 98 valence electrons. The van der Waals surface area contributed by atoms with Gasteiger partial charge in [-0.15, -0.1) is 16.6 Å². The third kappa shape index (κ3) is 3.09. The molecule has 0 spiro atoms. The van der Waals surface area contributed by atoms with Crippen molar-refractivity contribution in [1.82, 2.24) is 25.0 Å². The summed E-state index contributed by atoms with van der Waals surface area (Å²) in [5, 5.41) is 11.7. The molecule has 2 rings (SSSR count). The van der Waals surface area contributed by atoms with Gasteiger partial charge >= 0.3 is 0 Å². The van der Waals surface area contributed by atoms with Crippen molar-refractivity contribution in [2.75, 3.05) is 19.6 Å². The first-order valence-corrected chi connectivity index (χ1v) is 6.46. The van der Waals surface area contributed by atoms with Crippen molar-refractivity contribution in [3.63, 3.8) is 0 Å². The van der Waals surface area contributed by atoms with Crippen LogP contribution in [0, 0.1) is 12.3 Å². The van der Waals surface area contributed by atoms with E-state index in [2.05, 4.69) is 33.3 Å². The number of aromatic nitrogens is 3. The molecule has 1 fully saturated rings. The van der Waals surface area contributed by atoms with Crippen LogP contribution in [0.15, 0.2) is 6.33 Å². The summed E-state index contributed by atoms with van der Waals surface area (Å²) in [6, 6.07) is 0.785. The van der Waals surface area contributed by atoms with Crippen LogP contribution in [0.4, 0.5) is 0 Å². The van der Waals surface area contributed by atoms with Gasteiger partial charge in [-0.05, 0) is 19.8 Å². The van der Waals surface area contributed by atoms with Crippen LogP contribution in [0.2, 0.25) is 0 Å². The molecule has 2 heterocycles. The average Bonchev–Trinajstić information content (AvgIpc) is 2.78. The molecule has 1 unspecified atom stereocenters. The molecule has 5 nitrogen and oxygen atoms in total. The summed E-state index contributed by atoms with van der Waals surface area (Å²) in [7, 11) is 1.98. The van der Waals surface area contributed by atoms with Crippen molar-refractivity contribution in [3.8, 4) is 12.3 Å². The summed E-state index contributed by atoms with van der Waals surface area (Å²) in [6.45, 7) is 5.06. The molecule has 18 heavy (non-hydrogen) atoms. The van der Waals surface area contributed by atoms with Gasteiger partial charge in [0.05, 0.1) is 12.6 Å². The Morgan fingerprint density at radius 1 is 1.56 bits per heavy atom. The Morgan fingerprint density at radius 3 is 2.83 bits per heavy atom. The highest BCUT2D eigenvalue weighted by atomic mass is 15.3. The van der Waals surface area contributed by atoms with Gasteiger partial charge in [-0.1, -0.05) is 5.92 Å². The number of hydrogen-bond donors (Lipinski definition) is 1. The van der Waals surface area contributed by atoms with Crippen LogP contribution in [0.3, 0.4) is 0 Å². The van der Waals surface area contributed by atoms with Crippen molar-refractivity contribution in [3.05, 3.63) is 12.2 Å². The van der Waals surface area contributed by atoms with Gasteiger partial charge in [0.15, 0.2) is 0 Å². The Morgan fingerprint density at radius 2 is 2.28 bits per heavy atom. The lowest BCUT2D eigenvalue weighted by atomic mass is 10.0. The molecular weight excluding hydrogens is 226 g/mol. The fraction of sp³-hybridized carbons (Fsp3) is 0.692. The van der Waals surface area contributed by atoms with Crippen LogP contribution in [-0.2, 0) is 7.05 Å². The van der Waals surface area contributed by atoms with E-state index >= 15 is 0 Å². The second kappa shape index (κ2) is 5.98. The molecule has 1 aliphatic rings. The van der Waals surface area contributed by atoms with Gasteiger partial charge in [-0.3, -0.25) is 4.90 Å². The molecule has 1 N–H and O–H groups in total. The van der Waals surface area contributed by atoms with E-state index in [0.717, 1.165) is 38.3 Å². The summed E-state index contributed by atoms with van der Waals surface area (Å²) in [5.41, 5.74) is 0. The monoisotopic (exact) mass is 247 g/mol. The predicted octanol–water partition coefficient (Wildman–Crippen LogP) is 0.563. The van der Waals surface area contributed by atoms with E-state index in [-0.39, 0.29) is 6.04 Å². The van der Waals surface area contributed by atoms with E-state index in [1.54, 1.807) is 6.33 Å². The van der Waals surface area contributed by atoms with Crippen LogP contribution in [-0.4, -0.2) is 45.3 Å². The van der Waals surface area contributed by atoms with Crippen molar-refractivity contribution in [2.24, 2.45) is 7.05 Å². The number of hydrogen-bond acceptors (Lipinski definition) is 4. The molecule has 1 saturated heterocycles. The molecule has 0 bridgehead atoms. The van der Waals surface area contributed by atoms with E-state index in [4.69, 9.17) is 6.42 Å². The molecule has 0 saturated carbocycles. The third-order valence-electron chi connectivity index (χ3n) is 3.52. The summed E-state index contributed by atoms with van der Waals surface area (Å²) in [5.74, 6) is 3.69. The number of piperidine rings is 1. The zero-order valence-corrected chi connectivity index (χ0v) is 11.1. The van der Waals surface area contributed by atoms with Crippen LogP contribution in [0.5, 0.6) is 0 Å². The number of terminal acetylenes is 1. The molecule has 0 aromatic carbocycles. The molecule has 1 aromatic heterocycles. The van der Waals surface area contributed by atoms with Gasteiger partial charge in [-0.2, -0.15) is 0 Å². The highest BCUT2D eigenvalue weighted by Gasteiger charge is 2.21. The smallest absolute Gasteiger partial charge is 0.149 e. The number of rotatable bonds is 4. The topological polar surface area (TPSA) is 46.0 Å². The first kappa shape index (κ1) is 13.1. The molecular formula is C13H21N5. The minimum absolute atomic E-state index is 0.238. The van der Waals surface area contributed by atoms with Gasteiger partial charge in [0, 0.05) is 26.2 Å². The minimum atomic E-state index is 0.238. The fourth-order valence-electron chi connectivity index (χ4n) is 2.50. The largest absolute Gasteiger partial charge is 0.319 e. The van der Waals surface area contributed by atoms with Gasteiger partial charge in [0.2, 0.25) is 0 Å². The number of aryl methyl sites for hydroxylation is 1. The number of nitrogens with zero attached hydrogens (tertiary/aromatic N) is 4. The molecule has 1 aliphatic heterocycles. The average molecular weight is 247 g/mol. The van der Waals surface area contributed by atoms with Gasteiger partial charge in [0.1, 0.15) is 12.2 Å². The molecule has 0 amide bonds. The lowest BCUT2D eigenvalue weighted by molar-refractivity contribution is 0.209.